The Hall–Kier alpha value is 0.440. The van der Waals surface area contributed by atoms with Crippen LogP contribution in [0, 0.1) is 5.92 Å². The molecule has 0 aromatic carbocycles. The van der Waals surface area contributed by atoms with Gasteiger partial charge in [-0.25, -0.2) is 0 Å². The summed E-state index contributed by atoms with van der Waals surface area (Å²) >= 11 is 3.60. The second-order valence-electron chi connectivity index (χ2n) is 5.08. The molecule has 1 unspecified atom stereocenters. The van der Waals surface area contributed by atoms with E-state index in [1.54, 1.807) is 0 Å². The molecule has 1 atom stereocenters. The third kappa shape index (κ3) is 3.54. The average molecular weight is 263 g/mol. The summed E-state index contributed by atoms with van der Waals surface area (Å²) in [6.45, 7) is 6.73. The summed E-state index contributed by atoms with van der Waals surface area (Å²) in [5.41, 5.74) is 0.161. The Kier molecular flexibility index (Phi) is 4.92. The molecule has 1 aliphatic rings. The zero-order valence-electron chi connectivity index (χ0n) is 9.68. The Morgan fingerprint density at radius 2 is 1.79 bits per heavy atom. The summed E-state index contributed by atoms with van der Waals surface area (Å²) in [4.78, 5) is 0. The first kappa shape index (κ1) is 12.5. The van der Waals surface area contributed by atoms with Crippen LogP contribution in [-0.2, 0) is 4.74 Å². The molecule has 0 amide bonds. The molecule has 1 fully saturated rings. The van der Waals surface area contributed by atoms with E-state index in [0.29, 0.717) is 6.10 Å². The Balaban J connectivity index is 2.39. The van der Waals surface area contributed by atoms with E-state index in [9.17, 15) is 0 Å². The maximum atomic E-state index is 6.21. The first-order valence-corrected chi connectivity index (χ1v) is 6.94. The van der Waals surface area contributed by atoms with Crippen LogP contribution >= 0.6 is 15.9 Å². The summed E-state index contributed by atoms with van der Waals surface area (Å²) < 4.78 is 6.21. The van der Waals surface area contributed by atoms with E-state index in [1.165, 1.54) is 32.1 Å². The summed E-state index contributed by atoms with van der Waals surface area (Å²) in [5.74, 6) is 0.735. The zero-order chi connectivity index (χ0) is 10.6. The maximum absolute atomic E-state index is 6.21. The molecule has 0 spiro atoms. The van der Waals surface area contributed by atoms with Gasteiger partial charge in [-0.05, 0) is 32.1 Å². The third-order valence-corrected chi connectivity index (χ3v) is 4.03. The second kappa shape index (κ2) is 5.50. The number of hydrogen-bond acceptors (Lipinski definition) is 1. The molecule has 2 heteroatoms. The predicted molar refractivity (Wildman–Crippen MR) is 65.0 cm³/mol. The van der Waals surface area contributed by atoms with Gasteiger partial charge in [0.2, 0.25) is 0 Å². The smallest absolute Gasteiger partial charge is 0.0782 e. The van der Waals surface area contributed by atoms with E-state index in [-0.39, 0.29) is 5.60 Å². The zero-order valence-corrected chi connectivity index (χ0v) is 11.3. The normalized spacial score (nSPS) is 22.9. The van der Waals surface area contributed by atoms with Gasteiger partial charge in [0, 0.05) is 5.33 Å². The van der Waals surface area contributed by atoms with Gasteiger partial charge in [-0.3, -0.25) is 0 Å². The number of ether oxygens (including phenoxy) is 1. The lowest BCUT2D eigenvalue weighted by Crippen LogP contribution is -2.35. The summed E-state index contributed by atoms with van der Waals surface area (Å²) in [6.07, 6.45) is 6.72. The molecule has 0 saturated heterocycles. The Labute approximate surface area is 96.7 Å². The first-order valence-electron chi connectivity index (χ1n) is 5.82. The molecule has 14 heavy (non-hydrogen) atoms. The molecular weight excluding hydrogens is 240 g/mol. The Morgan fingerprint density at radius 3 is 2.21 bits per heavy atom. The highest BCUT2D eigenvalue weighted by Crippen LogP contribution is 2.36. The van der Waals surface area contributed by atoms with Crippen LogP contribution in [0.1, 0.15) is 52.9 Å². The highest BCUT2D eigenvalue weighted by atomic mass is 79.9. The fraction of sp³-hybridized carbons (Fsp3) is 1.00. The lowest BCUT2D eigenvalue weighted by molar-refractivity contribution is -0.0732. The maximum Gasteiger partial charge on any atom is 0.0782 e. The molecule has 0 heterocycles. The highest BCUT2D eigenvalue weighted by Gasteiger charge is 2.35. The van der Waals surface area contributed by atoms with Crippen molar-refractivity contribution in [3.63, 3.8) is 0 Å². The van der Waals surface area contributed by atoms with E-state index >= 15 is 0 Å². The van der Waals surface area contributed by atoms with E-state index in [4.69, 9.17) is 4.74 Å². The van der Waals surface area contributed by atoms with Gasteiger partial charge in [0.05, 0.1) is 11.7 Å². The quantitative estimate of drug-likeness (QED) is 0.677. The molecule has 0 aromatic heterocycles. The van der Waals surface area contributed by atoms with Crippen LogP contribution in [-0.4, -0.2) is 17.0 Å². The van der Waals surface area contributed by atoms with Crippen molar-refractivity contribution in [2.24, 2.45) is 5.92 Å². The second-order valence-corrected chi connectivity index (χ2v) is 5.64. The van der Waals surface area contributed by atoms with Crippen molar-refractivity contribution in [1.29, 1.82) is 0 Å². The highest BCUT2D eigenvalue weighted by molar-refractivity contribution is 9.09. The minimum Gasteiger partial charge on any atom is -0.371 e. The van der Waals surface area contributed by atoms with Crippen LogP contribution in [0.4, 0.5) is 0 Å². The summed E-state index contributed by atoms with van der Waals surface area (Å²) in [5, 5.41) is 1.00. The number of alkyl halides is 1. The lowest BCUT2D eigenvalue weighted by Gasteiger charge is -2.31. The van der Waals surface area contributed by atoms with Crippen LogP contribution < -0.4 is 0 Å². The molecule has 0 radical (unpaired) electrons. The minimum absolute atomic E-state index is 0.161. The van der Waals surface area contributed by atoms with E-state index in [1.807, 2.05) is 0 Å². The molecule has 1 saturated carbocycles. The molecule has 0 aromatic rings. The number of rotatable bonds is 5. The number of halogens is 1. The molecule has 0 N–H and O–H groups in total. The third-order valence-electron chi connectivity index (χ3n) is 3.01. The molecule has 84 valence electrons. The molecular formula is C12H23BrO. The van der Waals surface area contributed by atoms with Crippen LogP contribution in [0.5, 0.6) is 0 Å². The van der Waals surface area contributed by atoms with Crippen molar-refractivity contribution in [2.45, 2.75) is 64.6 Å². The molecule has 0 aliphatic heterocycles. The van der Waals surface area contributed by atoms with Gasteiger partial charge in [-0.15, -0.1) is 0 Å². The van der Waals surface area contributed by atoms with Gasteiger partial charge in [0.25, 0.3) is 0 Å². The van der Waals surface area contributed by atoms with Crippen molar-refractivity contribution in [3.05, 3.63) is 0 Å². The van der Waals surface area contributed by atoms with Crippen LogP contribution in [0.25, 0.3) is 0 Å². The van der Waals surface area contributed by atoms with Gasteiger partial charge in [-0.1, -0.05) is 42.6 Å². The fourth-order valence-electron chi connectivity index (χ4n) is 2.44. The van der Waals surface area contributed by atoms with Gasteiger partial charge < -0.3 is 4.74 Å². The van der Waals surface area contributed by atoms with Crippen LogP contribution in [0.15, 0.2) is 0 Å². The van der Waals surface area contributed by atoms with Gasteiger partial charge in [-0.2, -0.15) is 0 Å². The molecule has 0 bridgehead atoms. The topological polar surface area (TPSA) is 9.23 Å². The van der Waals surface area contributed by atoms with Crippen LogP contribution in [0.2, 0.25) is 0 Å². The standard InChI is InChI=1S/C12H23BrO/c1-10(2)8-11(3)14-12(9-13)6-4-5-7-12/h10-11H,4-9H2,1-3H3. The van der Waals surface area contributed by atoms with Crippen molar-refractivity contribution in [1.82, 2.24) is 0 Å². The number of hydrogen-bond donors (Lipinski definition) is 0. The summed E-state index contributed by atoms with van der Waals surface area (Å²) in [7, 11) is 0. The van der Waals surface area contributed by atoms with Crippen LogP contribution in [0.3, 0.4) is 0 Å². The monoisotopic (exact) mass is 262 g/mol. The SMILES string of the molecule is CC(C)CC(C)OC1(CBr)CCCC1. The van der Waals surface area contributed by atoms with Crippen molar-refractivity contribution < 1.29 is 4.74 Å². The summed E-state index contributed by atoms with van der Waals surface area (Å²) in [6, 6.07) is 0. The van der Waals surface area contributed by atoms with Gasteiger partial charge in [0.15, 0.2) is 0 Å². The van der Waals surface area contributed by atoms with E-state index in [0.717, 1.165) is 11.2 Å². The van der Waals surface area contributed by atoms with Crippen molar-refractivity contribution in [3.8, 4) is 0 Å². The molecule has 1 nitrogen and oxygen atoms in total. The minimum atomic E-state index is 0.161. The molecule has 1 rings (SSSR count). The fourth-order valence-corrected chi connectivity index (χ4v) is 3.13. The average Bonchev–Trinajstić information content (AvgIpc) is 2.52. The Morgan fingerprint density at radius 1 is 1.21 bits per heavy atom. The Bertz CT molecular complexity index is 162. The van der Waals surface area contributed by atoms with E-state index in [2.05, 4.69) is 36.7 Å². The largest absolute Gasteiger partial charge is 0.371 e. The van der Waals surface area contributed by atoms with Gasteiger partial charge in [0.1, 0.15) is 0 Å². The molecule has 1 aliphatic carbocycles. The lowest BCUT2D eigenvalue weighted by atomic mass is 10.0. The first-order chi connectivity index (χ1) is 6.58. The van der Waals surface area contributed by atoms with E-state index < -0.39 is 0 Å². The van der Waals surface area contributed by atoms with Crippen molar-refractivity contribution in [2.75, 3.05) is 5.33 Å². The van der Waals surface area contributed by atoms with Gasteiger partial charge >= 0.3 is 0 Å². The predicted octanol–water partition coefficient (Wildman–Crippen LogP) is 4.15. The van der Waals surface area contributed by atoms with Crippen molar-refractivity contribution >= 4 is 15.9 Å².